The number of nitrogens with one attached hydrogen (secondary N) is 1. The van der Waals surface area contributed by atoms with Gasteiger partial charge in [0, 0.05) is 6.54 Å². The van der Waals surface area contributed by atoms with Gasteiger partial charge in [-0.15, -0.1) is 6.42 Å². The molecule has 1 unspecified atom stereocenters. The molecule has 0 aromatic heterocycles. The summed E-state index contributed by atoms with van der Waals surface area (Å²) in [5.74, 6) is 2.34. The normalized spacial score (nSPS) is 13.3. The number of nitrogens with two attached hydrogens (primary N) is 1. The minimum absolute atomic E-state index is 0.351. The van der Waals surface area contributed by atoms with Crippen molar-refractivity contribution >= 4 is 6.09 Å². The van der Waals surface area contributed by atoms with Crippen LogP contribution in [-0.4, -0.2) is 24.3 Å². The van der Waals surface area contributed by atoms with E-state index in [0.29, 0.717) is 6.54 Å². The van der Waals surface area contributed by atoms with Crippen LogP contribution in [0.25, 0.3) is 0 Å². The van der Waals surface area contributed by atoms with Crippen LogP contribution in [-0.2, 0) is 4.74 Å². The molecular formula is C11H18N2O2. The zero-order valence-electron chi connectivity index (χ0n) is 9.41. The third-order valence-corrected chi connectivity index (χ3v) is 1.30. The van der Waals surface area contributed by atoms with Crippen LogP contribution in [0.4, 0.5) is 4.79 Å². The first-order valence-electron chi connectivity index (χ1n) is 4.70. The molecule has 0 saturated heterocycles. The van der Waals surface area contributed by atoms with Gasteiger partial charge in [0.1, 0.15) is 5.60 Å². The molecule has 0 aromatic carbocycles. The van der Waals surface area contributed by atoms with E-state index < -0.39 is 17.7 Å². The summed E-state index contributed by atoms with van der Waals surface area (Å²) in [7, 11) is 0. The molecule has 4 nitrogen and oxygen atoms in total. The SMILES string of the molecule is C#CC(N)/C=C/CNC(=O)OC(C)(C)C. The Hall–Kier alpha value is -1.47. The van der Waals surface area contributed by atoms with Crippen LogP contribution < -0.4 is 11.1 Å². The number of carbonyl (C=O) groups excluding carboxylic acids is 1. The van der Waals surface area contributed by atoms with Crippen LogP contribution in [0.1, 0.15) is 20.8 Å². The molecule has 1 amide bonds. The summed E-state index contributed by atoms with van der Waals surface area (Å²) in [4.78, 5) is 11.1. The van der Waals surface area contributed by atoms with Crippen molar-refractivity contribution in [2.24, 2.45) is 5.73 Å². The summed E-state index contributed by atoms with van der Waals surface area (Å²) >= 11 is 0. The van der Waals surface area contributed by atoms with Gasteiger partial charge in [-0.05, 0) is 20.8 Å². The van der Waals surface area contributed by atoms with Crippen molar-refractivity contribution in [2.75, 3.05) is 6.54 Å². The summed E-state index contributed by atoms with van der Waals surface area (Å²) in [5, 5.41) is 2.55. The fourth-order valence-electron chi connectivity index (χ4n) is 0.727. The molecule has 3 N–H and O–H groups in total. The molecule has 15 heavy (non-hydrogen) atoms. The van der Waals surface area contributed by atoms with Crippen molar-refractivity contribution < 1.29 is 9.53 Å². The van der Waals surface area contributed by atoms with Crippen molar-refractivity contribution in [3.8, 4) is 12.3 Å². The smallest absolute Gasteiger partial charge is 0.407 e. The van der Waals surface area contributed by atoms with Gasteiger partial charge in [0.05, 0.1) is 6.04 Å². The van der Waals surface area contributed by atoms with Crippen LogP contribution in [0.5, 0.6) is 0 Å². The lowest BCUT2D eigenvalue weighted by Gasteiger charge is -2.19. The number of hydrogen-bond acceptors (Lipinski definition) is 3. The molecule has 0 rings (SSSR count). The maximum absolute atomic E-state index is 11.1. The van der Waals surface area contributed by atoms with Crippen LogP contribution in [0, 0.1) is 12.3 Å². The number of amides is 1. The molecule has 0 saturated carbocycles. The van der Waals surface area contributed by atoms with Gasteiger partial charge < -0.3 is 15.8 Å². The van der Waals surface area contributed by atoms with E-state index in [0.717, 1.165) is 0 Å². The van der Waals surface area contributed by atoms with Gasteiger partial charge >= 0.3 is 6.09 Å². The average molecular weight is 210 g/mol. The van der Waals surface area contributed by atoms with E-state index >= 15 is 0 Å². The Kier molecular flexibility index (Phi) is 5.50. The molecule has 84 valence electrons. The molecule has 1 atom stereocenters. The second-order valence-electron chi connectivity index (χ2n) is 4.00. The highest BCUT2D eigenvalue weighted by atomic mass is 16.6. The molecule has 0 bridgehead atoms. The molecule has 0 aromatic rings. The maximum Gasteiger partial charge on any atom is 0.407 e. The van der Waals surface area contributed by atoms with Gasteiger partial charge in [-0.1, -0.05) is 18.1 Å². The number of alkyl carbamates (subject to hydrolysis) is 1. The quantitative estimate of drug-likeness (QED) is 0.540. The van der Waals surface area contributed by atoms with E-state index in [1.807, 2.05) is 0 Å². The van der Waals surface area contributed by atoms with E-state index in [2.05, 4.69) is 11.2 Å². The van der Waals surface area contributed by atoms with Gasteiger partial charge in [-0.3, -0.25) is 0 Å². The van der Waals surface area contributed by atoms with E-state index in [-0.39, 0.29) is 0 Å². The second-order valence-corrected chi connectivity index (χ2v) is 4.00. The van der Waals surface area contributed by atoms with E-state index in [1.54, 1.807) is 32.9 Å². The topological polar surface area (TPSA) is 64.3 Å². The first-order chi connectivity index (χ1) is 6.85. The lowest BCUT2D eigenvalue weighted by Crippen LogP contribution is -2.32. The van der Waals surface area contributed by atoms with Gasteiger partial charge in [-0.2, -0.15) is 0 Å². The van der Waals surface area contributed by atoms with E-state index in [1.165, 1.54) is 0 Å². The first kappa shape index (κ1) is 13.5. The third-order valence-electron chi connectivity index (χ3n) is 1.30. The molecule has 0 heterocycles. The fraction of sp³-hybridized carbons (Fsp3) is 0.545. The zero-order valence-corrected chi connectivity index (χ0v) is 9.41. The summed E-state index contributed by atoms with van der Waals surface area (Å²) in [5.41, 5.74) is 4.94. The molecular weight excluding hydrogens is 192 g/mol. The predicted molar refractivity (Wildman–Crippen MR) is 60.2 cm³/mol. The highest BCUT2D eigenvalue weighted by molar-refractivity contribution is 5.67. The number of rotatable bonds is 3. The minimum Gasteiger partial charge on any atom is -0.444 e. The minimum atomic E-state index is -0.483. The summed E-state index contributed by atoms with van der Waals surface area (Å²) in [6, 6.07) is -0.412. The Labute approximate surface area is 90.9 Å². The van der Waals surface area contributed by atoms with Crippen molar-refractivity contribution in [2.45, 2.75) is 32.4 Å². The molecule has 0 fully saturated rings. The lowest BCUT2D eigenvalue weighted by molar-refractivity contribution is 0.0534. The third kappa shape index (κ3) is 8.85. The van der Waals surface area contributed by atoms with Crippen molar-refractivity contribution in [1.82, 2.24) is 5.32 Å². The molecule has 0 aliphatic carbocycles. The number of ether oxygens (including phenoxy) is 1. The van der Waals surface area contributed by atoms with Crippen molar-refractivity contribution in [3.63, 3.8) is 0 Å². The van der Waals surface area contributed by atoms with E-state index in [4.69, 9.17) is 16.9 Å². The highest BCUT2D eigenvalue weighted by Gasteiger charge is 2.14. The second kappa shape index (κ2) is 6.10. The largest absolute Gasteiger partial charge is 0.444 e. The number of hydrogen-bond donors (Lipinski definition) is 2. The van der Waals surface area contributed by atoms with Crippen molar-refractivity contribution in [1.29, 1.82) is 0 Å². The van der Waals surface area contributed by atoms with Gasteiger partial charge in [0.25, 0.3) is 0 Å². The zero-order chi connectivity index (χ0) is 11.9. The molecule has 4 heteroatoms. The van der Waals surface area contributed by atoms with Crippen LogP contribution in [0.3, 0.4) is 0 Å². The van der Waals surface area contributed by atoms with Gasteiger partial charge in [0.15, 0.2) is 0 Å². The number of carbonyl (C=O) groups is 1. The fourth-order valence-corrected chi connectivity index (χ4v) is 0.727. The van der Waals surface area contributed by atoms with Gasteiger partial charge in [0.2, 0.25) is 0 Å². The Balaban J connectivity index is 3.75. The Morgan fingerprint density at radius 1 is 1.67 bits per heavy atom. The van der Waals surface area contributed by atoms with Crippen LogP contribution in [0.15, 0.2) is 12.2 Å². The average Bonchev–Trinajstić information content (AvgIpc) is 2.09. The first-order valence-corrected chi connectivity index (χ1v) is 4.70. The number of terminal acetylenes is 1. The monoisotopic (exact) mass is 210 g/mol. The lowest BCUT2D eigenvalue weighted by atomic mass is 10.2. The standard InChI is InChI=1S/C11H18N2O2/c1-5-9(12)7-6-8-13-10(14)15-11(2,3)4/h1,6-7,9H,8,12H2,2-4H3,(H,13,14)/b7-6+. The Morgan fingerprint density at radius 3 is 2.73 bits per heavy atom. The van der Waals surface area contributed by atoms with Crippen molar-refractivity contribution in [3.05, 3.63) is 12.2 Å². The predicted octanol–water partition coefficient (Wildman–Crippen LogP) is 1.03. The van der Waals surface area contributed by atoms with Gasteiger partial charge in [-0.25, -0.2) is 4.79 Å². The summed E-state index contributed by atoms with van der Waals surface area (Å²) in [6.07, 6.45) is 7.93. The Bertz CT molecular complexity index is 271. The summed E-state index contributed by atoms with van der Waals surface area (Å²) in [6.45, 7) is 5.76. The maximum atomic E-state index is 11.1. The summed E-state index contributed by atoms with van der Waals surface area (Å²) < 4.78 is 5.02. The highest BCUT2D eigenvalue weighted by Crippen LogP contribution is 2.05. The molecule has 0 spiro atoms. The van der Waals surface area contributed by atoms with Crippen LogP contribution in [0.2, 0.25) is 0 Å². The molecule has 0 aliphatic heterocycles. The van der Waals surface area contributed by atoms with Crippen LogP contribution >= 0.6 is 0 Å². The molecule has 0 radical (unpaired) electrons. The van der Waals surface area contributed by atoms with E-state index in [9.17, 15) is 4.79 Å². The molecule has 0 aliphatic rings. The Morgan fingerprint density at radius 2 is 2.27 bits per heavy atom.